The third-order valence-corrected chi connectivity index (χ3v) is 4.95. The summed E-state index contributed by atoms with van der Waals surface area (Å²) in [6.07, 6.45) is 3.18. The third-order valence-electron chi connectivity index (χ3n) is 4.95. The molecule has 30 heavy (non-hydrogen) atoms. The molecule has 2 aromatic rings. The molecule has 1 atom stereocenters. The topological polar surface area (TPSA) is 105 Å². The zero-order chi connectivity index (χ0) is 20.6. The van der Waals surface area contributed by atoms with Crippen LogP contribution < -0.4 is 0 Å². The van der Waals surface area contributed by atoms with E-state index in [1.54, 1.807) is 12.3 Å². The van der Waals surface area contributed by atoms with Gasteiger partial charge in [-0.15, -0.1) is 12.4 Å². The molecule has 0 amide bonds. The van der Waals surface area contributed by atoms with Gasteiger partial charge in [-0.25, -0.2) is 0 Å². The molecular weight excluding hydrogens is 410 g/mol. The summed E-state index contributed by atoms with van der Waals surface area (Å²) >= 11 is 0. The van der Waals surface area contributed by atoms with Gasteiger partial charge in [0.15, 0.2) is 0 Å². The minimum absolute atomic E-state index is 0. The number of aliphatic carboxylic acids is 1. The molecule has 0 bridgehead atoms. The van der Waals surface area contributed by atoms with Crippen LogP contribution in [-0.4, -0.2) is 53.4 Å². The molecule has 160 valence electrons. The highest BCUT2D eigenvalue weighted by molar-refractivity contribution is 5.90. The number of piperidine rings is 1. The highest BCUT2D eigenvalue weighted by Gasteiger charge is 2.24. The largest absolute Gasteiger partial charge is 0.481 e. The average molecular weight is 434 g/mol. The van der Waals surface area contributed by atoms with Gasteiger partial charge in [0.05, 0.1) is 17.1 Å². The number of non-ortho nitro benzene ring substituents is 1. The highest BCUT2D eigenvalue weighted by atomic mass is 35.5. The molecule has 9 heteroatoms. The van der Waals surface area contributed by atoms with E-state index in [9.17, 15) is 14.9 Å². The molecule has 1 N–H and O–H groups in total. The van der Waals surface area contributed by atoms with Crippen LogP contribution in [0.1, 0.15) is 18.4 Å². The molecule has 8 nitrogen and oxygen atoms in total. The second-order valence-corrected chi connectivity index (χ2v) is 6.94. The van der Waals surface area contributed by atoms with E-state index in [0.29, 0.717) is 19.7 Å². The van der Waals surface area contributed by atoms with E-state index in [1.165, 1.54) is 12.1 Å². The number of nitro benzene ring substituents is 1. The van der Waals surface area contributed by atoms with Crippen LogP contribution in [-0.2, 0) is 9.63 Å². The fourth-order valence-corrected chi connectivity index (χ4v) is 3.44. The Balaban J connectivity index is 0.00000320. The third kappa shape index (κ3) is 6.27. The number of rotatable bonds is 8. The number of nitro groups is 1. The molecule has 1 unspecified atom stereocenters. The van der Waals surface area contributed by atoms with E-state index in [0.717, 1.165) is 36.1 Å². The Morgan fingerprint density at radius 2 is 2.10 bits per heavy atom. The average Bonchev–Trinajstić information content (AvgIpc) is 2.74. The molecule has 1 fully saturated rings. The number of carbonyl (C=O) groups is 1. The summed E-state index contributed by atoms with van der Waals surface area (Å²) in [7, 11) is 0. The minimum Gasteiger partial charge on any atom is -0.481 e. The molecule has 1 aliphatic rings. The first kappa shape index (κ1) is 23.3. The summed E-state index contributed by atoms with van der Waals surface area (Å²) in [4.78, 5) is 29.2. The SMILES string of the molecule is Cl.O=C(O)C1CCCN(CCON=Cc2ccccc2-c2cccc([N+](=O)[O-])c2)C1. The normalized spacial score (nSPS) is 16.7. The summed E-state index contributed by atoms with van der Waals surface area (Å²) in [6, 6.07) is 13.9. The van der Waals surface area contributed by atoms with Gasteiger partial charge in [0.2, 0.25) is 0 Å². The number of halogens is 1. The molecule has 0 spiro atoms. The van der Waals surface area contributed by atoms with Crippen molar-refractivity contribution in [2.45, 2.75) is 12.8 Å². The first-order valence-electron chi connectivity index (χ1n) is 9.49. The predicted molar refractivity (Wildman–Crippen MR) is 116 cm³/mol. The first-order valence-corrected chi connectivity index (χ1v) is 9.49. The van der Waals surface area contributed by atoms with Gasteiger partial charge in [0.25, 0.3) is 5.69 Å². The van der Waals surface area contributed by atoms with Gasteiger partial charge in [-0.05, 0) is 30.5 Å². The lowest BCUT2D eigenvalue weighted by Crippen LogP contribution is -2.40. The quantitative estimate of drug-likeness (QED) is 0.293. The Morgan fingerprint density at radius 1 is 1.30 bits per heavy atom. The Labute approximate surface area is 180 Å². The zero-order valence-corrected chi connectivity index (χ0v) is 17.2. The Bertz CT molecular complexity index is 906. The molecule has 0 aromatic heterocycles. The van der Waals surface area contributed by atoms with E-state index in [4.69, 9.17) is 9.94 Å². The Kier molecular flexibility index (Phi) is 8.76. The molecule has 0 radical (unpaired) electrons. The molecule has 1 heterocycles. The van der Waals surface area contributed by atoms with Crippen LogP contribution in [0.5, 0.6) is 0 Å². The smallest absolute Gasteiger partial charge is 0.307 e. The number of carboxylic acid groups (broad SMARTS) is 1. The van der Waals surface area contributed by atoms with Crippen molar-refractivity contribution in [2.24, 2.45) is 11.1 Å². The lowest BCUT2D eigenvalue weighted by molar-refractivity contribution is -0.384. The van der Waals surface area contributed by atoms with E-state index in [2.05, 4.69) is 10.1 Å². The van der Waals surface area contributed by atoms with Crippen molar-refractivity contribution in [3.8, 4) is 11.1 Å². The molecule has 1 aliphatic heterocycles. The van der Waals surface area contributed by atoms with E-state index >= 15 is 0 Å². The van der Waals surface area contributed by atoms with Crippen molar-refractivity contribution in [1.29, 1.82) is 0 Å². The lowest BCUT2D eigenvalue weighted by atomic mass is 9.98. The fourth-order valence-electron chi connectivity index (χ4n) is 3.44. The lowest BCUT2D eigenvalue weighted by Gasteiger charge is -2.29. The van der Waals surface area contributed by atoms with Crippen molar-refractivity contribution in [3.63, 3.8) is 0 Å². The molecule has 3 rings (SSSR count). The Hall–Kier alpha value is -2.97. The molecule has 0 aliphatic carbocycles. The van der Waals surface area contributed by atoms with Crippen LogP contribution in [0.15, 0.2) is 53.7 Å². The monoisotopic (exact) mass is 433 g/mol. The highest BCUT2D eigenvalue weighted by Crippen LogP contribution is 2.26. The van der Waals surface area contributed by atoms with Crippen molar-refractivity contribution < 1.29 is 19.7 Å². The van der Waals surface area contributed by atoms with Crippen LogP contribution in [0.4, 0.5) is 5.69 Å². The van der Waals surface area contributed by atoms with Gasteiger partial charge >= 0.3 is 5.97 Å². The Morgan fingerprint density at radius 3 is 2.87 bits per heavy atom. The maximum atomic E-state index is 11.1. The summed E-state index contributed by atoms with van der Waals surface area (Å²) in [5.74, 6) is -1.06. The van der Waals surface area contributed by atoms with Crippen molar-refractivity contribution in [3.05, 3.63) is 64.2 Å². The van der Waals surface area contributed by atoms with Crippen LogP contribution >= 0.6 is 12.4 Å². The van der Waals surface area contributed by atoms with Crippen LogP contribution in [0.25, 0.3) is 11.1 Å². The molecule has 0 saturated carbocycles. The number of benzene rings is 2. The predicted octanol–water partition coefficient (Wildman–Crippen LogP) is 3.83. The van der Waals surface area contributed by atoms with Gasteiger partial charge in [-0.3, -0.25) is 19.8 Å². The summed E-state index contributed by atoms with van der Waals surface area (Å²) < 4.78 is 0. The number of hydrogen-bond acceptors (Lipinski definition) is 6. The van der Waals surface area contributed by atoms with Crippen molar-refractivity contribution in [1.82, 2.24) is 4.90 Å². The fraction of sp³-hybridized carbons (Fsp3) is 0.333. The number of nitrogens with zero attached hydrogens (tertiary/aromatic N) is 3. The van der Waals surface area contributed by atoms with Crippen LogP contribution in [0, 0.1) is 16.0 Å². The van der Waals surface area contributed by atoms with Gasteiger partial charge in [-0.2, -0.15) is 0 Å². The maximum Gasteiger partial charge on any atom is 0.307 e. The van der Waals surface area contributed by atoms with Gasteiger partial charge in [0, 0.05) is 30.8 Å². The molecule has 1 saturated heterocycles. The van der Waals surface area contributed by atoms with Gasteiger partial charge in [-0.1, -0.05) is 41.6 Å². The summed E-state index contributed by atoms with van der Waals surface area (Å²) in [5, 5.41) is 24.2. The summed E-state index contributed by atoms with van der Waals surface area (Å²) in [5.41, 5.74) is 2.38. The second kappa shape index (κ2) is 11.3. The number of likely N-dealkylation sites (tertiary alicyclic amines) is 1. The van der Waals surface area contributed by atoms with Crippen LogP contribution in [0.2, 0.25) is 0 Å². The van der Waals surface area contributed by atoms with Gasteiger partial charge < -0.3 is 9.94 Å². The van der Waals surface area contributed by atoms with E-state index in [-0.39, 0.29) is 24.0 Å². The van der Waals surface area contributed by atoms with Crippen molar-refractivity contribution >= 4 is 30.3 Å². The standard InChI is InChI=1S/C21H23N3O5.ClH/c25-21(26)18-7-4-10-23(15-18)11-12-29-22-14-17-5-1-2-9-20(17)16-6-3-8-19(13-16)24(27)28;/h1-3,5-6,8-9,13-14,18H,4,7,10-12,15H2,(H,25,26);1H. The number of oxime groups is 1. The van der Waals surface area contributed by atoms with Gasteiger partial charge in [0.1, 0.15) is 6.61 Å². The first-order chi connectivity index (χ1) is 14.0. The number of carboxylic acids is 1. The minimum atomic E-state index is -0.744. The van der Waals surface area contributed by atoms with Crippen molar-refractivity contribution in [2.75, 3.05) is 26.2 Å². The second-order valence-electron chi connectivity index (χ2n) is 6.94. The molecular formula is C21H24ClN3O5. The van der Waals surface area contributed by atoms with Crippen LogP contribution in [0.3, 0.4) is 0 Å². The van der Waals surface area contributed by atoms with E-state index < -0.39 is 10.9 Å². The summed E-state index contributed by atoms with van der Waals surface area (Å²) in [6.45, 7) is 2.39. The number of hydrogen-bond donors (Lipinski definition) is 1. The maximum absolute atomic E-state index is 11.1. The molecule has 2 aromatic carbocycles. The van der Waals surface area contributed by atoms with E-state index in [1.807, 2.05) is 30.3 Å². The zero-order valence-electron chi connectivity index (χ0n) is 16.3.